The molecule has 1 amide bonds. The fourth-order valence-corrected chi connectivity index (χ4v) is 2.63. The van der Waals surface area contributed by atoms with E-state index in [1.54, 1.807) is 17.0 Å². The summed E-state index contributed by atoms with van der Waals surface area (Å²) >= 11 is 0. The van der Waals surface area contributed by atoms with Crippen LogP contribution in [0.1, 0.15) is 15.9 Å². The van der Waals surface area contributed by atoms with Crippen molar-refractivity contribution in [2.45, 2.75) is 6.42 Å². The minimum absolute atomic E-state index is 0.0573. The highest BCUT2D eigenvalue weighted by molar-refractivity contribution is 6.09. The normalized spacial score (nSPS) is 13.1. The number of fused-ring (bicyclic) bond motifs is 1. The largest absolute Gasteiger partial charge is 0.507 e. The number of ether oxygens (including phenoxy) is 1. The van der Waals surface area contributed by atoms with Crippen molar-refractivity contribution < 1.29 is 14.6 Å². The summed E-state index contributed by atoms with van der Waals surface area (Å²) in [7, 11) is 1.52. The molecule has 0 unspecified atom stereocenters. The number of carbonyl (C=O) groups is 1. The summed E-state index contributed by atoms with van der Waals surface area (Å²) in [6.45, 7) is 0.555. The molecule has 2 aromatic carbocycles. The number of nitrogens with zero attached hydrogens (tertiary/aromatic N) is 1. The Kier molecular flexibility index (Phi) is 3.17. The molecule has 0 fully saturated rings. The second-order valence-corrected chi connectivity index (χ2v) is 4.93. The molecule has 0 saturated heterocycles. The van der Waals surface area contributed by atoms with E-state index in [1.807, 2.05) is 18.2 Å². The summed E-state index contributed by atoms with van der Waals surface area (Å²) in [5.74, 6) is 0.219. The van der Waals surface area contributed by atoms with Crippen molar-refractivity contribution in [3.05, 3.63) is 47.5 Å². The number of amides is 1. The highest BCUT2D eigenvalue weighted by atomic mass is 16.5. The SMILES string of the molecule is COc1ccc(O)c(C(=O)N2CCc3c(N)cccc32)c1. The van der Waals surface area contributed by atoms with Crippen molar-refractivity contribution in [1.29, 1.82) is 0 Å². The van der Waals surface area contributed by atoms with Crippen molar-refractivity contribution in [3.8, 4) is 11.5 Å². The summed E-state index contributed by atoms with van der Waals surface area (Å²) in [5.41, 5.74) is 8.65. The monoisotopic (exact) mass is 284 g/mol. The summed E-state index contributed by atoms with van der Waals surface area (Å²) in [5, 5.41) is 9.94. The van der Waals surface area contributed by atoms with Crippen LogP contribution in [-0.4, -0.2) is 24.7 Å². The molecule has 5 heteroatoms. The first-order valence-corrected chi connectivity index (χ1v) is 6.68. The first kappa shape index (κ1) is 13.3. The van der Waals surface area contributed by atoms with Crippen molar-refractivity contribution in [3.63, 3.8) is 0 Å². The molecule has 0 aliphatic carbocycles. The van der Waals surface area contributed by atoms with E-state index in [0.29, 0.717) is 18.0 Å². The Labute approximate surface area is 122 Å². The molecule has 3 rings (SSSR count). The van der Waals surface area contributed by atoms with E-state index in [-0.39, 0.29) is 17.2 Å². The number of phenolic OH excluding ortho intramolecular Hbond substituents is 1. The molecule has 0 atom stereocenters. The standard InChI is InChI=1S/C16H16N2O3/c1-21-10-5-6-15(19)12(9-10)16(20)18-8-7-11-13(17)3-2-4-14(11)18/h2-6,9,19H,7-8,17H2,1H3. The number of hydrogen-bond acceptors (Lipinski definition) is 4. The van der Waals surface area contributed by atoms with Crippen molar-refractivity contribution in [2.24, 2.45) is 0 Å². The van der Waals surface area contributed by atoms with Gasteiger partial charge in [0.1, 0.15) is 11.5 Å². The maximum Gasteiger partial charge on any atom is 0.262 e. The lowest BCUT2D eigenvalue weighted by Gasteiger charge is -2.18. The average Bonchev–Trinajstić information content (AvgIpc) is 2.92. The summed E-state index contributed by atoms with van der Waals surface area (Å²) in [6.07, 6.45) is 0.721. The van der Waals surface area contributed by atoms with Gasteiger partial charge in [0.25, 0.3) is 5.91 Å². The smallest absolute Gasteiger partial charge is 0.262 e. The molecule has 0 spiro atoms. The lowest BCUT2D eigenvalue weighted by Crippen LogP contribution is -2.28. The second kappa shape index (κ2) is 5.01. The van der Waals surface area contributed by atoms with Crippen LogP contribution in [0.4, 0.5) is 11.4 Å². The molecule has 5 nitrogen and oxygen atoms in total. The Bertz CT molecular complexity index is 713. The van der Waals surface area contributed by atoms with Gasteiger partial charge >= 0.3 is 0 Å². The van der Waals surface area contributed by atoms with Crippen molar-refractivity contribution in [1.82, 2.24) is 0 Å². The Morgan fingerprint density at radius 1 is 1.33 bits per heavy atom. The number of phenols is 1. The van der Waals surface area contributed by atoms with Gasteiger partial charge in [-0.05, 0) is 36.8 Å². The molecular formula is C16H16N2O3. The van der Waals surface area contributed by atoms with E-state index in [2.05, 4.69) is 0 Å². The number of anilines is 2. The molecule has 0 aromatic heterocycles. The third kappa shape index (κ3) is 2.16. The van der Waals surface area contributed by atoms with Gasteiger partial charge in [0.15, 0.2) is 0 Å². The highest BCUT2D eigenvalue weighted by Crippen LogP contribution is 2.34. The number of aromatic hydroxyl groups is 1. The zero-order chi connectivity index (χ0) is 15.0. The summed E-state index contributed by atoms with van der Waals surface area (Å²) in [6, 6.07) is 10.1. The summed E-state index contributed by atoms with van der Waals surface area (Å²) in [4.78, 5) is 14.3. The lowest BCUT2D eigenvalue weighted by atomic mass is 10.1. The highest BCUT2D eigenvalue weighted by Gasteiger charge is 2.28. The van der Waals surface area contributed by atoms with Gasteiger partial charge in [0.05, 0.1) is 12.7 Å². The number of rotatable bonds is 2. The van der Waals surface area contributed by atoms with E-state index >= 15 is 0 Å². The maximum absolute atomic E-state index is 12.7. The van der Waals surface area contributed by atoms with Crippen LogP contribution in [0.15, 0.2) is 36.4 Å². The molecule has 0 saturated carbocycles. The van der Waals surface area contributed by atoms with Crippen molar-refractivity contribution in [2.75, 3.05) is 24.3 Å². The molecule has 1 heterocycles. The third-order valence-corrected chi connectivity index (χ3v) is 3.74. The van der Waals surface area contributed by atoms with E-state index in [0.717, 1.165) is 17.7 Å². The van der Waals surface area contributed by atoms with Crippen LogP contribution in [0.2, 0.25) is 0 Å². The van der Waals surface area contributed by atoms with Gasteiger partial charge in [-0.1, -0.05) is 6.07 Å². The van der Waals surface area contributed by atoms with Crippen molar-refractivity contribution >= 4 is 17.3 Å². The fraction of sp³-hybridized carbons (Fsp3) is 0.188. The minimum atomic E-state index is -0.254. The predicted octanol–water partition coefficient (Wildman–Crippen LogP) is 2.19. The first-order chi connectivity index (χ1) is 10.1. The zero-order valence-electron chi connectivity index (χ0n) is 11.7. The van der Waals surface area contributed by atoms with Crippen LogP contribution in [0.25, 0.3) is 0 Å². The fourth-order valence-electron chi connectivity index (χ4n) is 2.63. The number of hydrogen-bond donors (Lipinski definition) is 2. The molecule has 1 aliphatic rings. The Morgan fingerprint density at radius 3 is 2.90 bits per heavy atom. The van der Waals surface area contributed by atoms with Crippen LogP contribution in [0.3, 0.4) is 0 Å². The van der Waals surface area contributed by atoms with Crippen LogP contribution >= 0.6 is 0 Å². The average molecular weight is 284 g/mol. The topological polar surface area (TPSA) is 75.8 Å². The van der Waals surface area contributed by atoms with Gasteiger partial charge < -0.3 is 20.5 Å². The van der Waals surface area contributed by atoms with Crippen LogP contribution in [-0.2, 0) is 6.42 Å². The first-order valence-electron chi connectivity index (χ1n) is 6.68. The van der Waals surface area contributed by atoms with Crippen LogP contribution < -0.4 is 15.4 Å². The number of carbonyl (C=O) groups excluding carboxylic acids is 1. The molecule has 0 bridgehead atoms. The Morgan fingerprint density at radius 2 is 2.14 bits per heavy atom. The van der Waals surface area contributed by atoms with Crippen LogP contribution in [0.5, 0.6) is 11.5 Å². The predicted molar refractivity (Wildman–Crippen MR) is 80.9 cm³/mol. The molecule has 2 aromatic rings. The van der Waals surface area contributed by atoms with Gasteiger partial charge in [0, 0.05) is 23.5 Å². The molecular weight excluding hydrogens is 268 g/mol. The van der Waals surface area contributed by atoms with Gasteiger partial charge in [-0.15, -0.1) is 0 Å². The van der Waals surface area contributed by atoms with Gasteiger partial charge in [0.2, 0.25) is 0 Å². The Hall–Kier alpha value is -2.69. The van der Waals surface area contributed by atoms with E-state index in [1.165, 1.54) is 13.2 Å². The number of nitrogen functional groups attached to an aromatic ring is 1. The van der Waals surface area contributed by atoms with Gasteiger partial charge in [-0.2, -0.15) is 0 Å². The van der Waals surface area contributed by atoms with Gasteiger partial charge in [-0.25, -0.2) is 0 Å². The maximum atomic E-state index is 12.7. The quantitative estimate of drug-likeness (QED) is 0.829. The lowest BCUT2D eigenvalue weighted by molar-refractivity contribution is 0.0986. The second-order valence-electron chi connectivity index (χ2n) is 4.93. The Balaban J connectivity index is 2.00. The number of methoxy groups -OCH3 is 1. The van der Waals surface area contributed by atoms with E-state index in [4.69, 9.17) is 10.5 Å². The number of nitrogens with two attached hydrogens (primary N) is 1. The molecule has 108 valence electrons. The minimum Gasteiger partial charge on any atom is -0.507 e. The summed E-state index contributed by atoms with van der Waals surface area (Å²) < 4.78 is 5.11. The molecule has 0 radical (unpaired) electrons. The van der Waals surface area contributed by atoms with Gasteiger partial charge in [-0.3, -0.25) is 4.79 Å². The molecule has 1 aliphatic heterocycles. The third-order valence-electron chi connectivity index (χ3n) is 3.74. The molecule has 21 heavy (non-hydrogen) atoms. The van der Waals surface area contributed by atoms with E-state index in [9.17, 15) is 9.90 Å². The number of benzene rings is 2. The van der Waals surface area contributed by atoms with Crippen LogP contribution in [0, 0.1) is 0 Å². The zero-order valence-corrected chi connectivity index (χ0v) is 11.7. The molecule has 3 N–H and O–H groups in total. The van der Waals surface area contributed by atoms with E-state index < -0.39 is 0 Å².